The molecular weight excluding hydrogens is 266 g/mol. The van der Waals surface area contributed by atoms with Crippen LogP contribution in [-0.4, -0.2) is 23.3 Å². The molecule has 0 fully saturated rings. The number of benzene rings is 2. The van der Waals surface area contributed by atoms with Crippen LogP contribution in [0.2, 0.25) is 0 Å². The van der Waals surface area contributed by atoms with Crippen LogP contribution >= 0.6 is 0 Å². The van der Waals surface area contributed by atoms with E-state index in [-0.39, 0.29) is 17.4 Å². The van der Waals surface area contributed by atoms with Gasteiger partial charge in [-0.3, -0.25) is 9.59 Å². The van der Waals surface area contributed by atoms with Gasteiger partial charge in [0.1, 0.15) is 5.75 Å². The molecule has 0 aliphatic carbocycles. The molecule has 2 aromatic rings. The molecule has 0 spiro atoms. The number of nitrogens with zero attached hydrogens (tertiary/aromatic N) is 1. The second-order valence-electron chi connectivity index (χ2n) is 5.15. The van der Waals surface area contributed by atoms with Crippen LogP contribution in [0.4, 0.5) is 5.69 Å². The first-order chi connectivity index (χ1) is 10.1. The Morgan fingerprint density at radius 2 is 1.95 bits per heavy atom. The van der Waals surface area contributed by atoms with Crippen molar-refractivity contribution in [3.05, 3.63) is 59.2 Å². The number of aryl methyl sites for hydroxylation is 1. The molecule has 1 aliphatic rings. The summed E-state index contributed by atoms with van der Waals surface area (Å²) in [5, 5.41) is 9.76. The van der Waals surface area contributed by atoms with Gasteiger partial charge < -0.3 is 10.0 Å². The van der Waals surface area contributed by atoms with Gasteiger partial charge in [0, 0.05) is 24.1 Å². The first-order valence-electron chi connectivity index (χ1n) is 6.81. The maximum atomic E-state index is 12.6. The van der Waals surface area contributed by atoms with Crippen molar-refractivity contribution in [3.63, 3.8) is 0 Å². The molecule has 0 unspecified atom stereocenters. The van der Waals surface area contributed by atoms with Gasteiger partial charge in [-0.05, 0) is 36.8 Å². The molecule has 0 bridgehead atoms. The number of Topliss-reactive ketones (excluding diaryl/α,β-unsaturated/α-hetero) is 1. The van der Waals surface area contributed by atoms with Gasteiger partial charge in [0.25, 0.3) is 5.91 Å². The number of hydrogen-bond donors (Lipinski definition) is 1. The average molecular weight is 281 g/mol. The highest BCUT2D eigenvalue weighted by atomic mass is 16.3. The number of carbonyl (C=O) groups is 2. The van der Waals surface area contributed by atoms with Crippen LogP contribution in [0.5, 0.6) is 5.75 Å². The zero-order chi connectivity index (χ0) is 15.0. The molecule has 1 amide bonds. The summed E-state index contributed by atoms with van der Waals surface area (Å²) in [5.41, 5.74) is 2.36. The Morgan fingerprint density at radius 3 is 2.71 bits per heavy atom. The Labute approximate surface area is 122 Å². The fourth-order valence-electron chi connectivity index (χ4n) is 2.52. The minimum atomic E-state index is -0.203. The number of para-hydroxylation sites is 1. The third-order valence-electron chi connectivity index (χ3n) is 3.76. The smallest absolute Gasteiger partial charge is 0.258 e. The van der Waals surface area contributed by atoms with Crippen LogP contribution in [0, 0.1) is 6.92 Å². The van der Waals surface area contributed by atoms with Gasteiger partial charge in [0.2, 0.25) is 0 Å². The van der Waals surface area contributed by atoms with E-state index in [1.165, 1.54) is 6.07 Å². The molecular formula is C17H15NO3. The Hall–Kier alpha value is -2.62. The highest BCUT2D eigenvalue weighted by Crippen LogP contribution is 2.29. The quantitative estimate of drug-likeness (QED) is 0.874. The molecule has 0 atom stereocenters. The standard InChI is InChI=1S/C17H15NO3/c1-11-6-7-12(10-16(11)20)17(21)18-9-8-15(19)13-4-2-3-5-14(13)18/h2-7,10,20H,8-9H2,1H3. The van der Waals surface area contributed by atoms with Crippen LogP contribution in [0.1, 0.15) is 32.7 Å². The molecule has 106 valence electrons. The Kier molecular flexibility index (Phi) is 3.22. The van der Waals surface area contributed by atoms with Gasteiger partial charge in [-0.25, -0.2) is 0 Å². The number of phenols is 1. The Bertz CT molecular complexity index is 737. The molecule has 4 heteroatoms. The second kappa shape index (κ2) is 5.05. The van der Waals surface area contributed by atoms with E-state index in [1.54, 1.807) is 42.2 Å². The minimum absolute atomic E-state index is 0.0569. The van der Waals surface area contributed by atoms with Gasteiger partial charge in [0.15, 0.2) is 5.78 Å². The summed E-state index contributed by atoms with van der Waals surface area (Å²) in [4.78, 5) is 26.1. The largest absolute Gasteiger partial charge is 0.508 e. The van der Waals surface area contributed by atoms with Crippen LogP contribution < -0.4 is 4.90 Å². The lowest BCUT2D eigenvalue weighted by molar-refractivity contribution is 0.0955. The van der Waals surface area contributed by atoms with Crippen LogP contribution in [0.3, 0.4) is 0 Å². The highest BCUT2D eigenvalue weighted by molar-refractivity contribution is 6.13. The third-order valence-corrected chi connectivity index (χ3v) is 3.76. The van der Waals surface area contributed by atoms with E-state index in [1.807, 2.05) is 6.07 Å². The molecule has 0 saturated carbocycles. The molecule has 21 heavy (non-hydrogen) atoms. The van der Waals surface area contributed by atoms with E-state index >= 15 is 0 Å². The van der Waals surface area contributed by atoms with Crippen molar-refractivity contribution >= 4 is 17.4 Å². The van der Waals surface area contributed by atoms with Crippen LogP contribution in [0.25, 0.3) is 0 Å². The molecule has 1 N–H and O–H groups in total. The summed E-state index contributed by atoms with van der Waals surface area (Å²) in [7, 11) is 0. The van der Waals surface area contributed by atoms with Gasteiger partial charge in [0.05, 0.1) is 5.69 Å². The molecule has 0 aromatic heterocycles. The summed E-state index contributed by atoms with van der Waals surface area (Å²) in [5.74, 6) is -0.0473. The number of fused-ring (bicyclic) bond motifs is 1. The number of phenolic OH excluding ortho intramolecular Hbond substituents is 1. The number of aromatic hydroxyl groups is 1. The van der Waals surface area contributed by atoms with Crippen molar-refractivity contribution in [2.75, 3.05) is 11.4 Å². The van der Waals surface area contributed by atoms with Gasteiger partial charge in [-0.2, -0.15) is 0 Å². The number of ketones is 1. The number of hydrogen-bond acceptors (Lipinski definition) is 3. The highest BCUT2D eigenvalue weighted by Gasteiger charge is 2.27. The lowest BCUT2D eigenvalue weighted by Gasteiger charge is -2.28. The molecule has 1 heterocycles. The van der Waals surface area contributed by atoms with Crippen molar-refractivity contribution in [3.8, 4) is 5.75 Å². The van der Waals surface area contributed by atoms with E-state index in [4.69, 9.17) is 0 Å². The Morgan fingerprint density at radius 1 is 1.19 bits per heavy atom. The zero-order valence-electron chi connectivity index (χ0n) is 11.7. The summed E-state index contributed by atoms with van der Waals surface area (Å²) in [6, 6.07) is 12.0. The molecule has 4 nitrogen and oxygen atoms in total. The normalized spacial score (nSPS) is 14.0. The number of rotatable bonds is 1. The third kappa shape index (κ3) is 2.29. The van der Waals surface area contributed by atoms with Gasteiger partial charge in [-0.15, -0.1) is 0 Å². The average Bonchev–Trinajstić information content (AvgIpc) is 2.50. The first-order valence-corrected chi connectivity index (χ1v) is 6.81. The summed E-state index contributed by atoms with van der Waals surface area (Å²) >= 11 is 0. The van der Waals surface area contributed by atoms with Crippen molar-refractivity contribution in [1.29, 1.82) is 0 Å². The topological polar surface area (TPSA) is 57.6 Å². The predicted octanol–water partition coefficient (Wildman–Crippen LogP) is 2.93. The van der Waals surface area contributed by atoms with Crippen molar-refractivity contribution in [1.82, 2.24) is 0 Å². The predicted molar refractivity (Wildman–Crippen MR) is 79.9 cm³/mol. The maximum absolute atomic E-state index is 12.6. The van der Waals surface area contributed by atoms with E-state index < -0.39 is 0 Å². The van der Waals surface area contributed by atoms with E-state index in [0.29, 0.717) is 29.8 Å². The second-order valence-corrected chi connectivity index (χ2v) is 5.15. The van der Waals surface area contributed by atoms with E-state index in [2.05, 4.69) is 0 Å². The van der Waals surface area contributed by atoms with Crippen molar-refractivity contribution in [2.24, 2.45) is 0 Å². The summed E-state index contributed by atoms with van der Waals surface area (Å²) < 4.78 is 0. The monoisotopic (exact) mass is 281 g/mol. The first kappa shape index (κ1) is 13.4. The zero-order valence-corrected chi connectivity index (χ0v) is 11.7. The number of anilines is 1. The van der Waals surface area contributed by atoms with Crippen LogP contribution in [0.15, 0.2) is 42.5 Å². The van der Waals surface area contributed by atoms with Crippen molar-refractivity contribution < 1.29 is 14.7 Å². The lowest BCUT2D eigenvalue weighted by Crippen LogP contribution is -2.37. The number of carbonyl (C=O) groups excluding carboxylic acids is 2. The summed E-state index contributed by atoms with van der Waals surface area (Å²) in [6.45, 7) is 2.14. The van der Waals surface area contributed by atoms with E-state index in [9.17, 15) is 14.7 Å². The minimum Gasteiger partial charge on any atom is -0.508 e. The van der Waals surface area contributed by atoms with Gasteiger partial charge >= 0.3 is 0 Å². The van der Waals surface area contributed by atoms with Crippen LogP contribution in [-0.2, 0) is 0 Å². The lowest BCUT2D eigenvalue weighted by atomic mass is 9.99. The fraction of sp³-hybridized carbons (Fsp3) is 0.176. The fourth-order valence-corrected chi connectivity index (χ4v) is 2.52. The summed E-state index contributed by atoms with van der Waals surface area (Å²) in [6.07, 6.45) is 0.320. The molecule has 3 rings (SSSR count). The Balaban J connectivity index is 2.01. The van der Waals surface area contributed by atoms with Crippen molar-refractivity contribution in [2.45, 2.75) is 13.3 Å². The molecule has 2 aromatic carbocycles. The SMILES string of the molecule is Cc1ccc(C(=O)N2CCC(=O)c3ccccc32)cc1O. The molecule has 0 saturated heterocycles. The van der Waals surface area contributed by atoms with Gasteiger partial charge in [-0.1, -0.05) is 18.2 Å². The number of amides is 1. The van der Waals surface area contributed by atoms with E-state index in [0.717, 1.165) is 5.56 Å². The molecule has 1 aliphatic heterocycles. The molecule has 0 radical (unpaired) electrons. The maximum Gasteiger partial charge on any atom is 0.258 e.